The Kier molecular flexibility index (Phi) is 5.38. The van der Waals surface area contributed by atoms with Gasteiger partial charge in [0.1, 0.15) is 0 Å². The second-order valence-electron chi connectivity index (χ2n) is 4.34. The lowest BCUT2D eigenvalue weighted by molar-refractivity contribution is -0.121. The zero-order valence-electron chi connectivity index (χ0n) is 11.3. The van der Waals surface area contributed by atoms with Crippen LogP contribution in [0.25, 0.3) is 0 Å². The van der Waals surface area contributed by atoms with E-state index in [9.17, 15) is 18.0 Å². The topological polar surface area (TPSA) is 64.4 Å². The van der Waals surface area contributed by atoms with Crippen molar-refractivity contribution < 1.29 is 22.7 Å². The van der Waals surface area contributed by atoms with E-state index in [1.165, 1.54) is 6.07 Å². The number of rotatable bonds is 6. The number of benzene rings is 1. The summed E-state index contributed by atoms with van der Waals surface area (Å²) in [6.45, 7) is 0.425. The molecule has 0 spiro atoms. The molecule has 0 aromatic heterocycles. The summed E-state index contributed by atoms with van der Waals surface area (Å²) in [5.74, 6) is -2.02. The second-order valence-corrected chi connectivity index (χ2v) is 4.34. The number of ether oxygens (including phenoxy) is 1. The lowest BCUT2D eigenvalue weighted by atomic mass is 9.93. The van der Waals surface area contributed by atoms with Crippen LogP contribution in [0, 0.1) is 5.82 Å². The maximum absolute atomic E-state index is 13.5. The molecule has 1 aromatic rings. The smallest absolute Gasteiger partial charge is 0.387 e. The van der Waals surface area contributed by atoms with Crippen LogP contribution in [0.4, 0.5) is 18.9 Å². The molecule has 0 saturated carbocycles. The molecule has 0 fully saturated rings. The maximum atomic E-state index is 13.5. The fraction of sp³-hybridized carbons (Fsp3) is 0.462. The van der Waals surface area contributed by atoms with Crippen LogP contribution in [0.3, 0.4) is 0 Å². The van der Waals surface area contributed by atoms with Gasteiger partial charge in [0.15, 0.2) is 11.6 Å². The van der Waals surface area contributed by atoms with E-state index in [1.807, 2.05) is 0 Å². The second kappa shape index (κ2) is 6.60. The highest BCUT2D eigenvalue weighted by atomic mass is 19.3. The normalized spacial score (nSPS) is 11.6. The Morgan fingerprint density at radius 2 is 2.00 bits per heavy atom. The summed E-state index contributed by atoms with van der Waals surface area (Å²) in [6, 6.07) is 3.19. The Balaban J connectivity index is 2.84. The molecule has 20 heavy (non-hydrogen) atoms. The number of anilines is 1. The minimum Gasteiger partial charge on any atom is -0.432 e. The molecule has 0 bridgehead atoms. The van der Waals surface area contributed by atoms with Crippen LogP contribution in [-0.2, 0) is 4.79 Å². The highest BCUT2D eigenvalue weighted by Gasteiger charge is 2.30. The van der Waals surface area contributed by atoms with Crippen LogP contribution in [0.5, 0.6) is 5.75 Å². The van der Waals surface area contributed by atoms with E-state index >= 15 is 0 Å². The minimum absolute atomic E-state index is 0.130. The third kappa shape index (κ3) is 3.86. The molecule has 0 saturated heterocycles. The molecule has 0 aliphatic heterocycles. The molecule has 112 valence electrons. The number of carbonyl (C=O) groups excluding carboxylic acids is 1. The lowest BCUT2D eigenvalue weighted by Crippen LogP contribution is -2.50. The molecule has 1 aromatic carbocycles. The van der Waals surface area contributed by atoms with Gasteiger partial charge in [-0.25, -0.2) is 4.39 Å². The molecule has 0 unspecified atom stereocenters. The summed E-state index contributed by atoms with van der Waals surface area (Å²) in [4.78, 5) is 12.0. The summed E-state index contributed by atoms with van der Waals surface area (Å²) in [6.07, 6.45) is 0.842. The average Bonchev–Trinajstić information content (AvgIpc) is 2.40. The number of hydrogen-bond donors (Lipinski definition) is 2. The van der Waals surface area contributed by atoms with Crippen molar-refractivity contribution in [3.63, 3.8) is 0 Å². The van der Waals surface area contributed by atoms with Gasteiger partial charge in [-0.05, 0) is 25.0 Å². The Bertz CT molecular complexity index is 477. The van der Waals surface area contributed by atoms with Crippen LogP contribution in [-0.4, -0.2) is 18.1 Å². The standard InChI is InChI=1S/C13H17F3N2O2/c1-3-13(17,4-2)11(19)18-8-5-6-10(9(14)7-8)20-12(15)16/h5-7,12H,3-4,17H2,1-2H3,(H,18,19). The Hall–Kier alpha value is -1.76. The van der Waals surface area contributed by atoms with Gasteiger partial charge in [0.25, 0.3) is 0 Å². The largest absolute Gasteiger partial charge is 0.432 e. The highest BCUT2D eigenvalue weighted by molar-refractivity contribution is 5.97. The summed E-state index contributed by atoms with van der Waals surface area (Å²) >= 11 is 0. The van der Waals surface area contributed by atoms with E-state index in [0.29, 0.717) is 12.8 Å². The van der Waals surface area contributed by atoms with Crippen molar-refractivity contribution in [1.82, 2.24) is 0 Å². The first-order valence-corrected chi connectivity index (χ1v) is 6.17. The Morgan fingerprint density at radius 3 is 2.45 bits per heavy atom. The van der Waals surface area contributed by atoms with Gasteiger partial charge in [-0.15, -0.1) is 0 Å². The van der Waals surface area contributed by atoms with Crippen LogP contribution >= 0.6 is 0 Å². The van der Waals surface area contributed by atoms with Gasteiger partial charge in [0, 0.05) is 11.8 Å². The van der Waals surface area contributed by atoms with Gasteiger partial charge in [-0.3, -0.25) is 4.79 Å². The van der Waals surface area contributed by atoms with Crippen molar-refractivity contribution in [3.8, 4) is 5.75 Å². The molecule has 3 N–H and O–H groups in total. The average molecular weight is 290 g/mol. The monoisotopic (exact) mass is 290 g/mol. The van der Waals surface area contributed by atoms with Crippen LogP contribution in [0.1, 0.15) is 26.7 Å². The molecule has 0 aliphatic carbocycles. The Morgan fingerprint density at radius 1 is 1.40 bits per heavy atom. The number of nitrogens with one attached hydrogen (secondary N) is 1. The van der Waals surface area contributed by atoms with Gasteiger partial charge in [0.05, 0.1) is 5.54 Å². The molecule has 0 heterocycles. The molecule has 4 nitrogen and oxygen atoms in total. The number of alkyl halides is 2. The molecule has 0 atom stereocenters. The molecule has 1 rings (SSSR count). The molecule has 1 amide bonds. The molecular weight excluding hydrogens is 273 g/mol. The minimum atomic E-state index is -3.11. The quantitative estimate of drug-likeness (QED) is 0.846. The predicted molar refractivity (Wildman–Crippen MR) is 69.2 cm³/mol. The number of hydrogen-bond acceptors (Lipinski definition) is 3. The number of amides is 1. The number of nitrogens with two attached hydrogens (primary N) is 1. The van der Waals surface area contributed by atoms with Gasteiger partial charge < -0.3 is 15.8 Å². The molecule has 7 heteroatoms. The van der Waals surface area contributed by atoms with Gasteiger partial charge in [-0.1, -0.05) is 13.8 Å². The van der Waals surface area contributed by atoms with E-state index in [2.05, 4.69) is 10.1 Å². The summed E-state index contributed by atoms with van der Waals surface area (Å²) in [5.41, 5.74) is 4.98. The highest BCUT2D eigenvalue weighted by Crippen LogP contribution is 2.24. The molecule has 0 radical (unpaired) electrons. The van der Waals surface area contributed by atoms with E-state index in [4.69, 9.17) is 5.73 Å². The fourth-order valence-corrected chi connectivity index (χ4v) is 1.60. The molecule has 0 aliphatic rings. The van der Waals surface area contributed by atoms with Crippen molar-refractivity contribution >= 4 is 11.6 Å². The summed E-state index contributed by atoms with van der Waals surface area (Å²) in [5, 5.41) is 2.46. The fourth-order valence-electron chi connectivity index (χ4n) is 1.60. The third-order valence-electron chi connectivity index (χ3n) is 3.12. The van der Waals surface area contributed by atoms with Crippen molar-refractivity contribution in [2.75, 3.05) is 5.32 Å². The van der Waals surface area contributed by atoms with Crippen molar-refractivity contribution in [2.45, 2.75) is 38.8 Å². The summed E-state index contributed by atoms with van der Waals surface area (Å²) < 4.78 is 41.4. The van der Waals surface area contributed by atoms with Gasteiger partial charge in [-0.2, -0.15) is 8.78 Å². The van der Waals surface area contributed by atoms with Crippen LogP contribution in [0.15, 0.2) is 18.2 Å². The first kappa shape index (κ1) is 16.3. The Labute approximate surface area is 115 Å². The first-order valence-electron chi connectivity index (χ1n) is 6.17. The zero-order valence-corrected chi connectivity index (χ0v) is 11.3. The van der Waals surface area contributed by atoms with Gasteiger partial charge >= 0.3 is 6.61 Å². The zero-order chi connectivity index (χ0) is 15.3. The predicted octanol–water partition coefficient (Wildman–Crippen LogP) is 2.88. The summed E-state index contributed by atoms with van der Waals surface area (Å²) in [7, 11) is 0. The van der Waals surface area contributed by atoms with Crippen LogP contribution in [0.2, 0.25) is 0 Å². The van der Waals surface area contributed by atoms with Crippen molar-refractivity contribution in [1.29, 1.82) is 0 Å². The number of carbonyl (C=O) groups is 1. The van der Waals surface area contributed by atoms with E-state index < -0.39 is 29.6 Å². The molecular formula is C13H17F3N2O2. The first-order chi connectivity index (χ1) is 9.32. The van der Waals surface area contributed by atoms with Crippen molar-refractivity contribution in [3.05, 3.63) is 24.0 Å². The lowest BCUT2D eigenvalue weighted by Gasteiger charge is -2.25. The third-order valence-corrected chi connectivity index (χ3v) is 3.12. The van der Waals surface area contributed by atoms with E-state index in [0.717, 1.165) is 12.1 Å². The van der Waals surface area contributed by atoms with E-state index in [-0.39, 0.29) is 5.69 Å². The number of halogens is 3. The van der Waals surface area contributed by atoms with E-state index in [1.54, 1.807) is 13.8 Å². The van der Waals surface area contributed by atoms with Crippen LogP contribution < -0.4 is 15.8 Å². The van der Waals surface area contributed by atoms with Gasteiger partial charge in [0.2, 0.25) is 5.91 Å². The van der Waals surface area contributed by atoms with Crippen molar-refractivity contribution in [2.24, 2.45) is 5.73 Å². The SMILES string of the molecule is CCC(N)(CC)C(=O)Nc1ccc(OC(F)F)c(F)c1. The maximum Gasteiger partial charge on any atom is 0.387 e.